The van der Waals surface area contributed by atoms with Crippen LogP contribution in [-0.2, 0) is 15.5 Å². The molecule has 1 aromatic carbocycles. The van der Waals surface area contributed by atoms with Gasteiger partial charge in [-0.2, -0.15) is 13.0 Å². The molecule has 0 saturated carbocycles. The Kier molecular flexibility index (Phi) is 5.07. The summed E-state index contributed by atoms with van der Waals surface area (Å²) < 4.78 is 33.0. The van der Waals surface area contributed by atoms with E-state index in [1.165, 1.54) is 23.4 Å². The molecule has 0 aliphatic carbocycles. The summed E-state index contributed by atoms with van der Waals surface area (Å²) in [5.41, 5.74) is 3.80. The van der Waals surface area contributed by atoms with E-state index in [2.05, 4.69) is 43.5 Å². The van der Waals surface area contributed by atoms with E-state index < -0.39 is 10.1 Å². The van der Waals surface area contributed by atoms with Crippen LogP contribution in [0.3, 0.4) is 0 Å². The molecule has 0 spiro atoms. The molecule has 0 aromatic heterocycles. The number of fused-ring (bicyclic) bond motifs is 1. The number of para-hydroxylation sites is 1. The normalized spacial score (nSPS) is 21.3. The SMILES string of the molecule is CCCCC1(C)C(C)=[N+](CCCS(=O)(=O)O)c2ccccc21. The molecule has 1 N–H and O–H groups in total. The van der Waals surface area contributed by atoms with Gasteiger partial charge in [0.2, 0.25) is 5.69 Å². The maximum atomic E-state index is 10.9. The third-order valence-corrected chi connectivity index (χ3v) is 5.61. The molecule has 1 aromatic rings. The second-order valence-electron chi connectivity index (χ2n) is 6.33. The van der Waals surface area contributed by atoms with E-state index in [9.17, 15) is 8.42 Å². The molecule has 2 rings (SSSR count). The molecule has 1 aliphatic rings. The Morgan fingerprint density at radius 1 is 1.23 bits per heavy atom. The van der Waals surface area contributed by atoms with E-state index >= 15 is 0 Å². The summed E-state index contributed by atoms with van der Waals surface area (Å²) in [5, 5.41) is 0. The minimum absolute atomic E-state index is 0.0185. The van der Waals surface area contributed by atoms with Crippen molar-refractivity contribution in [3.63, 3.8) is 0 Å². The molecule has 0 bridgehead atoms. The van der Waals surface area contributed by atoms with E-state index in [-0.39, 0.29) is 11.2 Å². The monoisotopic (exact) mass is 324 g/mol. The van der Waals surface area contributed by atoms with Crippen LogP contribution in [0.5, 0.6) is 0 Å². The van der Waals surface area contributed by atoms with Gasteiger partial charge in [-0.3, -0.25) is 4.55 Å². The smallest absolute Gasteiger partial charge is 0.265 e. The first-order valence-electron chi connectivity index (χ1n) is 7.96. The van der Waals surface area contributed by atoms with Crippen LogP contribution in [0.25, 0.3) is 0 Å². The van der Waals surface area contributed by atoms with Gasteiger partial charge in [-0.05, 0) is 13.3 Å². The average Bonchev–Trinajstić information content (AvgIpc) is 2.67. The van der Waals surface area contributed by atoms with Gasteiger partial charge in [0.25, 0.3) is 10.1 Å². The first kappa shape index (κ1) is 17.2. The molecular weight excluding hydrogens is 298 g/mol. The van der Waals surface area contributed by atoms with E-state index in [4.69, 9.17) is 4.55 Å². The second-order valence-corrected chi connectivity index (χ2v) is 7.90. The van der Waals surface area contributed by atoms with Crippen molar-refractivity contribution in [3.8, 4) is 0 Å². The maximum Gasteiger partial charge on any atom is 0.265 e. The van der Waals surface area contributed by atoms with Crippen molar-refractivity contribution in [2.24, 2.45) is 0 Å². The van der Waals surface area contributed by atoms with Gasteiger partial charge < -0.3 is 0 Å². The van der Waals surface area contributed by atoms with Crippen LogP contribution < -0.4 is 0 Å². The Morgan fingerprint density at radius 2 is 1.91 bits per heavy atom. The molecule has 4 nitrogen and oxygen atoms in total. The average molecular weight is 324 g/mol. The fraction of sp³-hybridized carbons (Fsp3) is 0.588. The van der Waals surface area contributed by atoms with Crippen LogP contribution in [0.1, 0.15) is 52.0 Å². The lowest BCUT2D eigenvalue weighted by molar-refractivity contribution is -0.438. The molecule has 122 valence electrons. The van der Waals surface area contributed by atoms with Crippen molar-refractivity contribution in [1.29, 1.82) is 0 Å². The van der Waals surface area contributed by atoms with Gasteiger partial charge >= 0.3 is 0 Å². The highest BCUT2D eigenvalue weighted by Gasteiger charge is 2.45. The Labute approximate surface area is 133 Å². The molecule has 1 aliphatic heterocycles. The number of hydrogen-bond acceptors (Lipinski definition) is 2. The summed E-state index contributed by atoms with van der Waals surface area (Å²) in [6.07, 6.45) is 3.85. The third-order valence-electron chi connectivity index (χ3n) is 4.81. The van der Waals surface area contributed by atoms with Crippen molar-refractivity contribution in [2.75, 3.05) is 12.3 Å². The molecular formula is C17H26NO3S+. The van der Waals surface area contributed by atoms with Gasteiger partial charge in [-0.1, -0.05) is 38.0 Å². The Balaban J connectivity index is 2.30. The highest BCUT2D eigenvalue weighted by Crippen LogP contribution is 2.42. The van der Waals surface area contributed by atoms with Crippen molar-refractivity contribution >= 4 is 21.5 Å². The minimum Gasteiger partial charge on any atom is -0.286 e. The number of hydrogen-bond donors (Lipinski definition) is 1. The van der Waals surface area contributed by atoms with Crippen LogP contribution in [0.4, 0.5) is 5.69 Å². The summed E-state index contributed by atoms with van der Waals surface area (Å²) in [6.45, 7) is 7.23. The zero-order valence-corrected chi connectivity index (χ0v) is 14.5. The van der Waals surface area contributed by atoms with Gasteiger partial charge in [0.15, 0.2) is 5.71 Å². The standard InChI is InChI=1S/C17H25NO3S/c1-4-5-11-17(3)14(2)18(12-8-13-22(19,20)21)16-10-7-6-9-15(16)17/h6-7,9-10H,4-5,8,11-13H2,1-3H3/p+1. The largest absolute Gasteiger partial charge is 0.286 e. The summed E-state index contributed by atoms with van der Waals surface area (Å²) in [5.74, 6) is -0.190. The van der Waals surface area contributed by atoms with Crippen molar-refractivity contribution in [2.45, 2.75) is 51.9 Å². The van der Waals surface area contributed by atoms with Gasteiger partial charge in [-0.15, -0.1) is 0 Å². The first-order valence-corrected chi connectivity index (χ1v) is 9.57. The van der Waals surface area contributed by atoms with Crippen LogP contribution in [0.2, 0.25) is 0 Å². The molecule has 22 heavy (non-hydrogen) atoms. The predicted octanol–water partition coefficient (Wildman–Crippen LogP) is 3.53. The quantitative estimate of drug-likeness (QED) is 0.616. The second kappa shape index (κ2) is 6.50. The van der Waals surface area contributed by atoms with Crippen molar-refractivity contribution < 1.29 is 17.5 Å². The van der Waals surface area contributed by atoms with Crippen LogP contribution in [-0.4, -0.2) is 35.6 Å². The molecule has 0 fully saturated rings. The summed E-state index contributed by atoms with van der Waals surface area (Å²) in [6, 6.07) is 8.37. The van der Waals surface area contributed by atoms with Crippen molar-refractivity contribution in [1.82, 2.24) is 0 Å². The number of unbranched alkanes of at least 4 members (excludes halogenated alkanes) is 1. The highest BCUT2D eigenvalue weighted by molar-refractivity contribution is 7.85. The van der Waals surface area contributed by atoms with Gasteiger partial charge in [0.05, 0.1) is 11.2 Å². The topological polar surface area (TPSA) is 57.4 Å². The van der Waals surface area contributed by atoms with E-state index in [0.717, 1.165) is 12.8 Å². The molecule has 1 atom stereocenters. The Morgan fingerprint density at radius 3 is 2.55 bits per heavy atom. The third kappa shape index (κ3) is 3.41. The van der Waals surface area contributed by atoms with Crippen LogP contribution in [0.15, 0.2) is 24.3 Å². The van der Waals surface area contributed by atoms with Crippen LogP contribution >= 0.6 is 0 Å². The summed E-state index contributed by atoms with van der Waals surface area (Å²) in [7, 11) is -3.89. The van der Waals surface area contributed by atoms with E-state index in [1.807, 2.05) is 6.07 Å². The molecule has 0 saturated heterocycles. The predicted molar refractivity (Wildman–Crippen MR) is 89.8 cm³/mol. The van der Waals surface area contributed by atoms with Crippen LogP contribution in [0, 0.1) is 0 Å². The first-order chi connectivity index (χ1) is 10.3. The Bertz CT molecular complexity index is 679. The lowest BCUT2D eigenvalue weighted by atomic mass is 9.76. The number of rotatable bonds is 7. The van der Waals surface area contributed by atoms with E-state index in [0.29, 0.717) is 13.0 Å². The van der Waals surface area contributed by atoms with Crippen molar-refractivity contribution in [3.05, 3.63) is 29.8 Å². The summed E-state index contributed by atoms with van der Waals surface area (Å²) in [4.78, 5) is 0. The molecule has 0 amide bonds. The maximum absolute atomic E-state index is 10.9. The van der Waals surface area contributed by atoms with Gasteiger partial charge in [0.1, 0.15) is 6.54 Å². The number of benzene rings is 1. The number of nitrogens with zero attached hydrogens (tertiary/aromatic N) is 1. The zero-order chi connectivity index (χ0) is 16.4. The zero-order valence-electron chi connectivity index (χ0n) is 13.7. The van der Waals surface area contributed by atoms with E-state index in [1.54, 1.807) is 0 Å². The molecule has 1 heterocycles. The fourth-order valence-corrected chi connectivity index (χ4v) is 3.88. The fourth-order valence-electron chi connectivity index (χ4n) is 3.39. The minimum atomic E-state index is -3.89. The Hall–Kier alpha value is -1.20. The van der Waals surface area contributed by atoms with Gasteiger partial charge in [0, 0.05) is 25.0 Å². The van der Waals surface area contributed by atoms with Gasteiger partial charge in [-0.25, -0.2) is 0 Å². The lowest BCUT2D eigenvalue weighted by Gasteiger charge is -2.21. The molecule has 0 radical (unpaired) electrons. The molecule has 1 unspecified atom stereocenters. The lowest BCUT2D eigenvalue weighted by Crippen LogP contribution is -2.30. The summed E-state index contributed by atoms with van der Waals surface area (Å²) >= 11 is 0. The molecule has 5 heteroatoms. The highest BCUT2D eigenvalue weighted by atomic mass is 32.2.